The molecule has 3 N–H and O–H groups in total. The van der Waals surface area contributed by atoms with Crippen molar-refractivity contribution in [3.05, 3.63) is 26.4 Å². The summed E-state index contributed by atoms with van der Waals surface area (Å²) in [4.78, 5) is 62.9. The van der Waals surface area contributed by atoms with Crippen molar-refractivity contribution < 1.29 is 14.4 Å². The Bertz CT molecular complexity index is 952. The van der Waals surface area contributed by atoms with Crippen LogP contribution in [-0.4, -0.2) is 43.8 Å². The van der Waals surface area contributed by atoms with Crippen LogP contribution in [0.25, 0.3) is 0 Å². The number of aromatic nitrogens is 2. The van der Waals surface area contributed by atoms with Crippen LogP contribution in [0, 0.1) is 5.92 Å². The van der Waals surface area contributed by atoms with Gasteiger partial charge in [-0.05, 0) is 31.6 Å². The second-order valence-electron chi connectivity index (χ2n) is 7.48. The number of imide groups is 1. The average molecular weight is 377 g/mol. The van der Waals surface area contributed by atoms with Crippen molar-refractivity contribution in [2.45, 2.75) is 38.1 Å². The van der Waals surface area contributed by atoms with Crippen LogP contribution < -0.4 is 22.3 Å². The van der Waals surface area contributed by atoms with Crippen LogP contribution in [0.2, 0.25) is 0 Å². The van der Waals surface area contributed by atoms with Crippen molar-refractivity contribution in [2.75, 3.05) is 12.3 Å². The number of nitrogens with two attached hydrogens (primary N) is 1. The van der Waals surface area contributed by atoms with Gasteiger partial charge in [0.25, 0.3) is 11.5 Å². The van der Waals surface area contributed by atoms with Crippen LogP contribution in [0.3, 0.4) is 0 Å². The molecule has 1 spiro atoms. The zero-order valence-electron chi connectivity index (χ0n) is 15.6. The summed E-state index contributed by atoms with van der Waals surface area (Å²) in [5, 5.41) is 2.72. The van der Waals surface area contributed by atoms with Gasteiger partial charge in [-0.1, -0.05) is 6.92 Å². The van der Waals surface area contributed by atoms with Crippen LogP contribution in [0.4, 0.5) is 10.6 Å². The molecule has 1 aromatic heterocycles. The largest absolute Gasteiger partial charge is 0.384 e. The monoisotopic (exact) mass is 377 g/mol. The number of carbonyl (C=O) groups excluding carboxylic acids is 3. The van der Waals surface area contributed by atoms with Crippen LogP contribution in [0.15, 0.2) is 9.59 Å². The molecule has 146 valence electrons. The van der Waals surface area contributed by atoms with Gasteiger partial charge in [0.15, 0.2) is 5.78 Å². The summed E-state index contributed by atoms with van der Waals surface area (Å²) in [6, 6.07) is -0.650. The fourth-order valence-corrected chi connectivity index (χ4v) is 3.76. The molecule has 1 saturated carbocycles. The summed E-state index contributed by atoms with van der Waals surface area (Å²) in [7, 11) is 2.56. The summed E-state index contributed by atoms with van der Waals surface area (Å²) in [5.74, 6) is -1.05. The summed E-state index contributed by atoms with van der Waals surface area (Å²) >= 11 is 0. The molecule has 0 aromatic carbocycles. The molecule has 27 heavy (non-hydrogen) atoms. The standard InChI is InChI=1S/C17H23N5O5/c1-9-4-6-17(7-5-9)14(25)22(15(26)19-17)8-10(23)11-12(18)20(2)16(27)21(3)13(11)24/h9H,4-8,18H2,1-3H3,(H,19,26). The molecule has 1 aromatic rings. The van der Waals surface area contributed by atoms with Crippen molar-refractivity contribution in [1.29, 1.82) is 0 Å². The number of urea groups is 1. The van der Waals surface area contributed by atoms with Crippen LogP contribution in [0.1, 0.15) is 43.0 Å². The Morgan fingerprint density at radius 3 is 2.33 bits per heavy atom. The van der Waals surface area contributed by atoms with Gasteiger partial charge in [-0.2, -0.15) is 0 Å². The Hall–Kier alpha value is -2.91. The second kappa shape index (κ2) is 6.36. The normalized spacial score (nSPS) is 25.1. The predicted octanol–water partition coefficient (Wildman–Crippen LogP) is -0.650. The molecule has 0 unspecified atom stereocenters. The third kappa shape index (κ3) is 2.84. The van der Waals surface area contributed by atoms with E-state index in [4.69, 9.17) is 5.73 Å². The van der Waals surface area contributed by atoms with E-state index in [1.54, 1.807) is 0 Å². The quantitative estimate of drug-likeness (QED) is 0.530. The molecule has 1 aliphatic carbocycles. The molecular weight excluding hydrogens is 354 g/mol. The molecule has 0 bridgehead atoms. The highest BCUT2D eigenvalue weighted by molar-refractivity contribution is 6.11. The first-order valence-corrected chi connectivity index (χ1v) is 8.82. The van der Waals surface area contributed by atoms with Crippen LogP contribution in [0.5, 0.6) is 0 Å². The Balaban J connectivity index is 1.90. The number of ketones is 1. The number of anilines is 1. The van der Waals surface area contributed by atoms with E-state index >= 15 is 0 Å². The highest BCUT2D eigenvalue weighted by Crippen LogP contribution is 2.36. The van der Waals surface area contributed by atoms with Crippen molar-refractivity contribution in [3.8, 4) is 0 Å². The van der Waals surface area contributed by atoms with Gasteiger partial charge in [-0.3, -0.25) is 28.4 Å². The maximum Gasteiger partial charge on any atom is 0.332 e. The fourth-order valence-electron chi connectivity index (χ4n) is 3.76. The van der Waals surface area contributed by atoms with Gasteiger partial charge in [0.1, 0.15) is 16.9 Å². The third-order valence-corrected chi connectivity index (χ3v) is 5.66. The van der Waals surface area contributed by atoms with E-state index < -0.39 is 46.6 Å². The minimum absolute atomic E-state index is 0.290. The molecule has 10 heteroatoms. The van der Waals surface area contributed by atoms with Crippen molar-refractivity contribution >= 4 is 23.5 Å². The number of amides is 3. The van der Waals surface area contributed by atoms with Gasteiger partial charge in [0, 0.05) is 14.1 Å². The molecule has 0 atom stereocenters. The Morgan fingerprint density at radius 2 is 1.74 bits per heavy atom. The zero-order chi connectivity index (χ0) is 20.1. The first kappa shape index (κ1) is 18.9. The van der Waals surface area contributed by atoms with Gasteiger partial charge in [-0.25, -0.2) is 9.59 Å². The highest BCUT2D eigenvalue weighted by Gasteiger charge is 2.52. The molecule has 2 heterocycles. The van der Waals surface area contributed by atoms with Crippen LogP contribution >= 0.6 is 0 Å². The Kier molecular flexibility index (Phi) is 4.44. The molecule has 3 rings (SSSR count). The first-order chi connectivity index (χ1) is 12.6. The van der Waals surface area contributed by atoms with Crippen molar-refractivity contribution in [1.82, 2.24) is 19.4 Å². The molecule has 1 aliphatic heterocycles. The summed E-state index contributed by atoms with van der Waals surface area (Å²) in [6.45, 7) is 1.49. The lowest BCUT2D eigenvalue weighted by Gasteiger charge is -2.33. The lowest BCUT2D eigenvalue weighted by atomic mass is 9.77. The number of rotatable bonds is 3. The van der Waals surface area contributed by atoms with E-state index in [2.05, 4.69) is 12.2 Å². The number of nitrogens with zero attached hydrogens (tertiary/aromatic N) is 3. The fraction of sp³-hybridized carbons (Fsp3) is 0.588. The number of carbonyl (C=O) groups is 3. The summed E-state index contributed by atoms with van der Waals surface area (Å²) < 4.78 is 1.74. The molecule has 3 amide bonds. The van der Waals surface area contributed by atoms with Gasteiger partial charge >= 0.3 is 11.7 Å². The number of hydrogen-bond donors (Lipinski definition) is 2. The Labute approximate surface area is 154 Å². The van der Waals surface area contributed by atoms with E-state index in [0.717, 1.165) is 26.9 Å². The number of Topliss-reactive ketones (excluding diaryl/α,β-unsaturated/α-hetero) is 1. The van der Waals surface area contributed by atoms with E-state index in [1.165, 1.54) is 14.1 Å². The maximum atomic E-state index is 12.8. The maximum absolute atomic E-state index is 12.8. The topological polar surface area (TPSA) is 136 Å². The van der Waals surface area contributed by atoms with Crippen molar-refractivity contribution in [2.24, 2.45) is 20.0 Å². The molecule has 1 saturated heterocycles. The summed E-state index contributed by atoms with van der Waals surface area (Å²) in [6.07, 6.45) is 2.66. The van der Waals surface area contributed by atoms with Gasteiger partial charge in [0.2, 0.25) is 0 Å². The molecular formula is C17H23N5O5. The predicted molar refractivity (Wildman–Crippen MR) is 96.3 cm³/mol. The lowest BCUT2D eigenvalue weighted by Crippen LogP contribution is -2.49. The zero-order valence-corrected chi connectivity index (χ0v) is 15.6. The van der Waals surface area contributed by atoms with Gasteiger partial charge in [0.05, 0.1) is 6.54 Å². The SMILES string of the molecule is CC1CCC2(CC1)NC(=O)N(CC(=O)c1c(N)n(C)c(=O)n(C)c1=O)C2=O. The minimum Gasteiger partial charge on any atom is -0.384 e. The smallest absolute Gasteiger partial charge is 0.332 e. The van der Waals surface area contributed by atoms with E-state index in [0.29, 0.717) is 18.8 Å². The second-order valence-corrected chi connectivity index (χ2v) is 7.48. The number of nitrogen functional groups attached to an aromatic ring is 1. The third-order valence-electron chi connectivity index (χ3n) is 5.66. The van der Waals surface area contributed by atoms with E-state index in [-0.39, 0.29) is 5.82 Å². The van der Waals surface area contributed by atoms with Gasteiger partial charge < -0.3 is 11.1 Å². The lowest BCUT2D eigenvalue weighted by molar-refractivity contribution is -0.132. The van der Waals surface area contributed by atoms with E-state index in [9.17, 15) is 24.0 Å². The molecule has 2 fully saturated rings. The van der Waals surface area contributed by atoms with Gasteiger partial charge in [-0.15, -0.1) is 0 Å². The molecule has 10 nitrogen and oxygen atoms in total. The van der Waals surface area contributed by atoms with E-state index in [1.807, 2.05) is 0 Å². The average Bonchev–Trinajstić information content (AvgIpc) is 2.85. The summed E-state index contributed by atoms with van der Waals surface area (Å²) in [5.41, 5.74) is 2.88. The number of hydrogen-bond acceptors (Lipinski definition) is 6. The van der Waals surface area contributed by atoms with Crippen LogP contribution in [-0.2, 0) is 18.9 Å². The Morgan fingerprint density at radius 1 is 1.15 bits per heavy atom. The molecule has 0 radical (unpaired) electrons. The first-order valence-electron chi connectivity index (χ1n) is 8.82. The number of nitrogens with one attached hydrogen (secondary N) is 1. The van der Waals surface area contributed by atoms with Crippen molar-refractivity contribution in [3.63, 3.8) is 0 Å². The molecule has 2 aliphatic rings. The minimum atomic E-state index is -0.968. The highest BCUT2D eigenvalue weighted by atomic mass is 16.2.